The van der Waals surface area contributed by atoms with Crippen LogP contribution in [0.15, 0.2) is 67.0 Å². The van der Waals surface area contributed by atoms with Gasteiger partial charge >= 0.3 is 0 Å². The molecule has 1 N–H and O–H groups in total. The van der Waals surface area contributed by atoms with Crippen molar-refractivity contribution in [2.24, 2.45) is 0 Å². The lowest BCUT2D eigenvalue weighted by molar-refractivity contribution is 0.0779. The van der Waals surface area contributed by atoms with E-state index in [2.05, 4.69) is 15.3 Å². The highest BCUT2D eigenvalue weighted by Crippen LogP contribution is 2.16. The van der Waals surface area contributed by atoms with Crippen LogP contribution in [0.5, 0.6) is 0 Å². The Bertz CT molecular complexity index is 847. The smallest absolute Gasteiger partial charge is 0.272 e. The summed E-state index contributed by atoms with van der Waals surface area (Å²) in [6, 6.07) is 19.5. The standard InChI is InChI=1S/C20H20N4O/c1-15-8-10-17(11-9-15)23-19-12-18(21-14-22-19)20(25)24(2)13-16-6-4-3-5-7-16/h3-12,14H,13H2,1-2H3,(H,21,22,23). The molecule has 0 radical (unpaired) electrons. The summed E-state index contributed by atoms with van der Waals surface area (Å²) in [4.78, 5) is 22.6. The second-order valence-electron chi connectivity index (χ2n) is 5.93. The van der Waals surface area contributed by atoms with Gasteiger partial charge in [0.25, 0.3) is 5.91 Å². The second kappa shape index (κ2) is 7.57. The van der Waals surface area contributed by atoms with E-state index in [1.807, 2.05) is 61.5 Å². The zero-order valence-corrected chi connectivity index (χ0v) is 14.3. The molecule has 0 saturated heterocycles. The van der Waals surface area contributed by atoms with Gasteiger partial charge in [0, 0.05) is 25.3 Å². The summed E-state index contributed by atoms with van der Waals surface area (Å²) < 4.78 is 0. The number of carbonyl (C=O) groups is 1. The highest BCUT2D eigenvalue weighted by atomic mass is 16.2. The van der Waals surface area contributed by atoms with E-state index in [-0.39, 0.29) is 5.91 Å². The predicted molar refractivity (Wildman–Crippen MR) is 98.7 cm³/mol. The number of nitrogens with zero attached hydrogens (tertiary/aromatic N) is 3. The molecule has 1 amide bonds. The molecule has 0 spiro atoms. The van der Waals surface area contributed by atoms with Crippen molar-refractivity contribution in [3.05, 3.63) is 83.8 Å². The normalized spacial score (nSPS) is 10.3. The van der Waals surface area contributed by atoms with E-state index in [9.17, 15) is 4.79 Å². The molecule has 5 heteroatoms. The fourth-order valence-corrected chi connectivity index (χ4v) is 2.45. The fourth-order valence-electron chi connectivity index (χ4n) is 2.45. The van der Waals surface area contributed by atoms with E-state index in [4.69, 9.17) is 0 Å². The lowest BCUT2D eigenvalue weighted by Gasteiger charge is -2.17. The molecule has 1 aromatic heterocycles. The monoisotopic (exact) mass is 332 g/mol. The van der Waals surface area contributed by atoms with Crippen LogP contribution in [-0.2, 0) is 6.54 Å². The first-order valence-corrected chi connectivity index (χ1v) is 8.07. The van der Waals surface area contributed by atoms with Crippen LogP contribution in [-0.4, -0.2) is 27.8 Å². The summed E-state index contributed by atoms with van der Waals surface area (Å²) in [5.74, 6) is 0.452. The van der Waals surface area contributed by atoms with Crippen LogP contribution >= 0.6 is 0 Å². The predicted octanol–water partition coefficient (Wildman–Crippen LogP) is 3.80. The Morgan fingerprint density at radius 2 is 1.76 bits per heavy atom. The number of rotatable bonds is 5. The molecule has 0 unspecified atom stereocenters. The van der Waals surface area contributed by atoms with Crippen molar-refractivity contribution in [2.45, 2.75) is 13.5 Å². The molecule has 0 bridgehead atoms. The molecular formula is C20H20N4O. The zero-order valence-electron chi connectivity index (χ0n) is 14.3. The highest BCUT2D eigenvalue weighted by molar-refractivity contribution is 5.92. The molecule has 126 valence electrons. The second-order valence-corrected chi connectivity index (χ2v) is 5.93. The maximum Gasteiger partial charge on any atom is 0.272 e. The third-order valence-corrected chi connectivity index (χ3v) is 3.82. The summed E-state index contributed by atoms with van der Waals surface area (Å²) in [6.07, 6.45) is 1.40. The van der Waals surface area contributed by atoms with Crippen molar-refractivity contribution in [1.29, 1.82) is 0 Å². The average Bonchev–Trinajstić information content (AvgIpc) is 2.64. The number of aromatic nitrogens is 2. The van der Waals surface area contributed by atoms with Gasteiger partial charge in [-0.1, -0.05) is 48.0 Å². The van der Waals surface area contributed by atoms with Crippen LogP contribution < -0.4 is 5.32 Å². The van der Waals surface area contributed by atoms with Gasteiger partial charge in [-0.15, -0.1) is 0 Å². The summed E-state index contributed by atoms with van der Waals surface area (Å²) in [5, 5.41) is 3.19. The van der Waals surface area contributed by atoms with Crippen LogP contribution in [0.4, 0.5) is 11.5 Å². The molecule has 0 atom stereocenters. The fraction of sp³-hybridized carbons (Fsp3) is 0.150. The summed E-state index contributed by atoms with van der Waals surface area (Å²) in [5.41, 5.74) is 3.54. The molecular weight excluding hydrogens is 312 g/mol. The Morgan fingerprint density at radius 3 is 2.48 bits per heavy atom. The Labute approximate surface area is 147 Å². The van der Waals surface area contributed by atoms with E-state index in [0.29, 0.717) is 18.1 Å². The van der Waals surface area contributed by atoms with Gasteiger partial charge in [-0.05, 0) is 24.6 Å². The first-order valence-electron chi connectivity index (χ1n) is 8.07. The van der Waals surface area contributed by atoms with E-state index in [0.717, 1.165) is 11.3 Å². The van der Waals surface area contributed by atoms with Gasteiger partial charge in [-0.25, -0.2) is 9.97 Å². The van der Waals surface area contributed by atoms with E-state index < -0.39 is 0 Å². The number of anilines is 2. The molecule has 0 fully saturated rings. The minimum atomic E-state index is -0.141. The van der Waals surface area contributed by atoms with Crippen molar-refractivity contribution in [2.75, 3.05) is 12.4 Å². The van der Waals surface area contributed by atoms with Gasteiger partial charge < -0.3 is 10.2 Å². The first kappa shape index (κ1) is 16.6. The number of hydrogen-bond donors (Lipinski definition) is 1. The van der Waals surface area contributed by atoms with Crippen LogP contribution in [0, 0.1) is 6.92 Å². The van der Waals surface area contributed by atoms with Gasteiger partial charge in [0.2, 0.25) is 0 Å². The van der Waals surface area contributed by atoms with E-state index in [1.54, 1.807) is 18.0 Å². The topological polar surface area (TPSA) is 58.1 Å². The summed E-state index contributed by atoms with van der Waals surface area (Å²) in [7, 11) is 1.77. The lowest BCUT2D eigenvalue weighted by atomic mass is 10.2. The Kier molecular flexibility index (Phi) is 5.04. The van der Waals surface area contributed by atoms with Gasteiger partial charge in [0.15, 0.2) is 0 Å². The van der Waals surface area contributed by atoms with Crippen molar-refractivity contribution < 1.29 is 4.79 Å². The molecule has 0 aliphatic heterocycles. The van der Waals surface area contributed by atoms with Crippen LogP contribution in [0.3, 0.4) is 0 Å². The molecule has 5 nitrogen and oxygen atoms in total. The van der Waals surface area contributed by atoms with E-state index in [1.165, 1.54) is 11.9 Å². The lowest BCUT2D eigenvalue weighted by Crippen LogP contribution is -2.27. The Hall–Kier alpha value is -3.21. The van der Waals surface area contributed by atoms with Crippen molar-refractivity contribution in [1.82, 2.24) is 14.9 Å². The SMILES string of the molecule is Cc1ccc(Nc2cc(C(=O)N(C)Cc3ccccc3)ncn2)cc1. The van der Waals surface area contributed by atoms with Crippen molar-refractivity contribution in [3.63, 3.8) is 0 Å². The number of carbonyl (C=O) groups excluding carboxylic acids is 1. The summed E-state index contributed by atoms with van der Waals surface area (Å²) in [6.45, 7) is 2.57. The molecule has 25 heavy (non-hydrogen) atoms. The minimum absolute atomic E-state index is 0.141. The molecule has 3 rings (SSSR count). The van der Waals surface area contributed by atoms with Gasteiger partial charge in [-0.3, -0.25) is 4.79 Å². The van der Waals surface area contributed by atoms with Crippen molar-refractivity contribution in [3.8, 4) is 0 Å². The van der Waals surface area contributed by atoms with Gasteiger partial charge in [0.05, 0.1) is 0 Å². The maximum atomic E-state index is 12.6. The first-order chi connectivity index (χ1) is 12.1. The van der Waals surface area contributed by atoms with Crippen LogP contribution in [0.2, 0.25) is 0 Å². The Balaban J connectivity index is 1.71. The Morgan fingerprint density at radius 1 is 1.04 bits per heavy atom. The van der Waals surface area contributed by atoms with E-state index >= 15 is 0 Å². The quantitative estimate of drug-likeness (QED) is 0.772. The third kappa shape index (κ3) is 4.41. The number of amides is 1. The maximum absolute atomic E-state index is 12.6. The summed E-state index contributed by atoms with van der Waals surface area (Å²) >= 11 is 0. The number of hydrogen-bond acceptors (Lipinski definition) is 4. The largest absolute Gasteiger partial charge is 0.340 e. The highest BCUT2D eigenvalue weighted by Gasteiger charge is 2.14. The van der Waals surface area contributed by atoms with Gasteiger partial charge in [0.1, 0.15) is 17.8 Å². The average molecular weight is 332 g/mol. The zero-order chi connectivity index (χ0) is 17.6. The number of nitrogens with one attached hydrogen (secondary N) is 1. The molecule has 3 aromatic rings. The van der Waals surface area contributed by atoms with Gasteiger partial charge in [-0.2, -0.15) is 0 Å². The molecule has 0 aliphatic rings. The third-order valence-electron chi connectivity index (χ3n) is 3.82. The molecule has 1 heterocycles. The van der Waals surface area contributed by atoms with Crippen LogP contribution in [0.25, 0.3) is 0 Å². The van der Waals surface area contributed by atoms with Crippen molar-refractivity contribution >= 4 is 17.4 Å². The molecule has 2 aromatic carbocycles. The minimum Gasteiger partial charge on any atom is -0.340 e. The number of aryl methyl sites for hydroxylation is 1. The molecule has 0 aliphatic carbocycles. The molecule has 0 saturated carbocycles. The van der Waals surface area contributed by atoms with Crippen LogP contribution in [0.1, 0.15) is 21.6 Å². The number of benzene rings is 2.